The first kappa shape index (κ1) is 13.9. The largest absolute Gasteiger partial charge is 0.393 e. The molecule has 3 rings (SSSR count). The van der Waals surface area contributed by atoms with E-state index in [0.29, 0.717) is 0 Å². The van der Waals surface area contributed by atoms with E-state index < -0.39 is 0 Å². The van der Waals surface area contributed by atoms with Crippen molar-refractivity contribution in [1.82, 2.24) is 10.2 Å². The average molecular weight is 294 g/mol. The number of hydrogen-bond acceptors (Lipinski definition) is 3. The Morgan fingerprint density at radius 3 is 2.80 bits per heavy atom. The molecule has 2 fully saturated rings. The normalized spacial score (nSPS) is 30.4. The van der Waals surface area contributed by atoms with Gasteiger partial charge in [0.05, 0.1) is 12.1 Å². The Bertz CT molecular complexity index is 441. The van der Waals surface area contributed by atoms with Crippen LogP contribution in [0.4, 0.5) is 4.79 Å². The van der Waals surface area contributed by atoms with Crippen molar-refractivity contribution < 1.29 is 9.90 Å². The highest BCUT2D eigenvalue weighted by Gasteiger charge is 2.32. The van der Waals surface area contributed by atoms with Crippen molar-refractivity contribution in [2.45, 2.75) is 56.7 Å². The molecule has 2 aliphatic rings. The summed E-state index contributed by atoms with van der Waals surface area (Å²) in [7, 11) is 0. The fraction of sp³-hybridized carbons (Fsp3) is 0.667. The second-order valence-corrected chi connectivity index (χ2v) is 6.80. The van der Waals surface area contributed by atoms with Gasteiger partial charge in [-0.2, -0.15) is 0 Å². The Kier molecular flexibility index (Phi) is 4.27. The molecule has 1 unspecified atom stereocenters. The van der Waals surface area contributed by atoms with Crippen LogP contribution in [0.2, 0.25) is 0 Å². The monoisotopic (exact) mass is 294 g/mol. The van der Waals surface area contributed by atoms with Crippen molar-refractivity contribution in [3.05, 3.63) is 22.4 Å². The molecule has 2 heterocycles. The summed E-state index contributed by atoms with van der Waals surface area (Å²) in [6.45, 7) is 0.851. The standard InChI is InChI=1S/C15H22N2O2S/c18-12-7-5-11(6-8-12)16-15(19)17-9-1-3-13(17)14-4-2-10-20-14/h2,4,10-13,18H,1,3,5-9H2,(H,16,19). The number of hydrogen-bond donors (Lipinski definition) is 2. The van der Waals surface area contributed by atoms with Crippen molar-refractivity contribution in [2.75, 3.05) is 6.54 Å². The molecule has 1 aliphatic carbocycles. The average Bonchev–Trinajstić information content (AvgIpc) is 3.11. The maximum absolute atomic E-state index is 12.5. The predicted octanol–water partition coefficient (Wildman–Crippen LogP) is 2.90. The van der Waals surface area contributed by atoms with Crippen molar-refractivity contribution >= 4 is 17.4 Å². The van der Waals surface area contributed by atoms with Gasteiger partial charge in [0.25, 0.3) is 0 Å². The molecule has 1 aromatic heterocycles. The SMILES string of the molecule is O=C(NC1CCC(O)CC1)N1CCCC1c1cccs1. The highest BCUT2D eigenvalue weighted by atomic mass is 32.1. The minimum atomic E-state index is -0.172. The fourth-order valence-corrected chi connectivity index (χ4v) is 4.14. The molecule has 0 radical (unpaired) electrons. The molecule has 2 amide bonds. The van der Waals surface area contributed by atoms with Gasteiger partial charge in [0.2, 0.25) is 0 Å². The van der Waals surface area contributed by atoms with Crippen molar-refractivity contribution in [2.24, 2.45) is 0 Å². The summed E-state index contributed by atoms with van der Waals surface area (Å²) >= 11 is 1.73. The molecule has 5 heteroatoms. The van der Waals surface area contributed by atoms with E-state index in [1.54, 1.807) is 11.3 Å². The molecule has 2 N–H and O–H groups in total. The molecule has 1 saturated carbocycles. The van der Waals surface area contributed by atoms with Crippen molar-refractivity contribution in [1.29, 1.82) is 0 Å². The molecule has 20 heavy (non-hydrogen) atoms. The minimum Gasteiger partial charge on any atom is -0.393 e. The lowest BCUT2D eigenvalue weighted by Gasteiger charge is -2.30. The predicted molar refractivity (Wildman–Crippen MR) is 79.8 cm³/mol. The summed E-state index contributed by atoms with van der Waals surface area (Å²) in [5.41, 5.74) is 0. The summed E-state index contributed by atoms with van der Waals surface area (Å²) in [6, 6.07) is 4.73. The number of carbonyl (C=O) groups excluding carboxylic acids is 1. The van der Waals surface area contributed by atoms with Crippen LogP contribution in [0.15, 0.2) is 17.5 Å². The van der Waals surface area contributed by atoms with Crippen LogP contribution in [0.3, 0.4) is 0 Å². The lowest BCUT2D eigenvalue weighted by atomic mass is 9.93. The first-order chi connectivity index (χ1) is 9.74. The lowest BCUT2D eigenvalue weighted by Crippen LogP contribution is -2.46. The molecule has 0 aromatic carbocycles. The lowest BCUT2D eigenvalue weighted by molar-refractivity contribution is 0.114. The van der Waals surface area contributed by atoms with E-state index in [2.05, 4.69) is 22.8 Å². The Balaban J connectivity index is 1.59. The molecule has 4 nitrogen and oxygen atoms in total. The third-order valence-electron chi connectivity index (χ3n) is 4.41. The number of carbonyl (C=O) groups is 1. The topological polar surface area (TPSA) is 52.6 Å². The molecule has 1 aromatic rings. The zero-order valence-electron chi connectivity index (χ0n) is 11.6. The molecule has 1 saturated heterocycles. The van der Waals surface area contributed by atoms with Crippen molar-refractivity contribution in [3.8, 4) is 0 Å². The molecule has 0 spiro atoms. The van der Waals surface area contributed by atoms with E-state index in [4.69, 9.17) is 0 Å². The van der Waals surface area contributed by atoms with E-state index in [1.165, 1.54) is 4.88 Å². The zero-order valence-corrected chi connectivity index (χ0v) is 12.4. The number of urea groups is 1. The summed E-state index contributed by atoms with van der Waals surface area (Å²) < 4.78 is 0. The van der Waals surface area contributed by atoms with E-state index in [0.717, 1.165) is 45.1 Å². The van der Waals surface area contributed by atoms with Gasteiger partial charge < -0.3 is 15.3 Å². The van der Waals surface area contributed by atoms with Crippen LogP contribution < -0.4 is 5.32 Å². The summed E-state index contributed by atoms with van der Waals surface area (Å²) in [5.74, 6) is 0. The Morgan fingerprint density at radius 1 is 1.30 bits per heavy atom. The van der Waals surface area contributed by atoms with Gasteiger partial charge in [-0.3, -0.25) is 0 Å². The maximum Gasteiger partial charge on any atom is 0.318 e. The van der Waals surface area contributed by atoms with Gasteiger partial charge in [-0.25, -0.2) is 4.79 Å². The molecular weight excluding hydrogens is 272 g/mol. The van der Waals surface area contributed by atoms with Gasteiger partial charge in [0, 0.05) is 17.5 Å². The number of nitrogens with zero attached hydrogens (tertiary/aromatic N) is 1. The van der Waals surface area contributed by atoms with Crippen LogP contribution in [0, 0.1) is 0 Å². The van der Waals surface area contributed by atoms with E-state index in [1.807, 2.05) is 4.90 Å². The fourth-order valence-electron chi connectivity index (χ4n) is 3.26. The maximum atomic E-state index is 12.5. The first-order valence-electron chi connectivity index (χ1n) is 7.52. The van der Waals surface area contributed by atoms with Gasteiger partial charge in [-0.05, 0) is 50.0 Å². The number of thiophene rings is 1. The highest BCUT2D eigenvalue weighted by Crippen LogP contribution is 2.34. The third kappa shape index (κ3) is 2.99. The number of nitrogens with one attached hydrogen (secondary N) is 1. The van der Waals surface area contributed by atoms with Crippen LogP contribution >= 0.6 is 11.3 Å². The van der Waals surface area contributed by atoms with Crippen LogP contribution in [-0.2, 0) is 0 Å². The smallest absolute Gasteiger partial charge is 0.318 e. The number of likely N-dealkylation sites (tertiary alicyclic amines) is 1. The molecule has 1 aliphatic heterocycles. The summed E-state index contributed by atoms with van der Waals surface area (Å²) in [4.78, 5) is 15.7. The van der Waals surface area contributed by atoms with Gasteiger partial charge in [0.1, 0.15) is 0 Å². The van der Waals surface area contributed by atoms with Gasteiger partial charge in [0.15, 0.2) is 0 Å². The zero-order chi connectivity index (χ0) is 13.9. The second-order valence-electron chi connectivity index (χ2n) is 5.82. The van der Waals surface area contributed by atoms with E-state index in [-0.39, 0.29) is 24.2 Å². The minimum absolute atomic E-state index is 0.0716. The number of rotatable bonds is 2. The Labute approximate surface area is 123 Å². The van der Waals surface area contributed by atoms with Crippen LogP contribution in [0.25, 0.3) is 0 Å². The Morgan fingerprint density at radius 2 is 2.10 bits per heavy atom. The summed E-state index contributed by atoms with van der Waals surface area (Å²) in [5, 5.41) is 14.7. The molecule has 0 bridgehead atoms. The van der Waals surface area contributed by atoms with Gasteiger partial charge in [-0.1, -0.05) is 6.07 Å². The number of aliphatic hydroxyl groups is 1. The third-order valence-corrected chi connectivity index (χ3v) is 5.38. The van der Waals surface area contributed by atoms with Gasteiger partial charge >= 0.3 is 6.03 Å². The Hall–Kier alpha value is -1.07. The number of amides is 2. The second kappa shape index (κ2) is 6.14. The molecular formula is C15H22N2O2S. The van der Waals surface area contributed by atoms with E-state index >= 15 is 0 Å². The van der Waals surface area contributed by atoms with Crippen LogP contribution in [-0.4, -0.2) is 34.7 Å². The van der Waals surface area contributed by atoms with E-state index in [9.17, 15) is 9.90 Å². The van der Waals surface area contributed by atoms with Crippen LogP contribution in [0.5, 0.6) is 0 Å². The molecule has 110 valence electrons. The number of aliphatic hydroxyl groups excluding tert-OH is 1. The first-order valence-corrected chi connectivity index (χ1v) is 8.40. The quantitative estimate of drug-likeness (QED) is 0.881. The van der Waals surface area contributed by atoms with Crippen LogP contribution in [0.1, 0.15) is 49.4 Å². The van der Waals surface area contributed by atoms with Crippen molar-refractivity contribution in [3.63, 3.8) is 0 Å². The van der Waals surface area contributed by atoms with Gasteiger partial charge in [-0.15, -0.1) is 11.3 Å². The molecule has 1 atom stereocenters. The summed E-state index contributed by atoms with van der Waals surface area (Å²) in [6.07, 6.45) is 5.37. The highest BCUT2D eigenvalue weighted by molar-refractivity contribution is 7.10.